The number of thiophene rings is 1. The van der Waals surface area contributed by atoms with Gasteiger partial charge in [0.15, 0.2) is 0 Å². The average molecular weight is 382 g/mol. The number of anilines is 2. The number of morpholine rings is 1. The average Bonchev–Trinajstić information content (AvgIpc) is 3.12. The van der Waals surface area contributed by atoms with Crippen LogP contribution in [0.1, 0.15) is 16.1 Å². The van der Waals surface area contributed by atoms with Gasteiger partial charge < -0.3 is 20.7 Å². The van der Waals surface area contributed by atoms with E-state index in [1.807, 2.05) is 11.4 Å². The van der Waals surface area contributed by atoms with Crippen molar-refractivity contribution >= 4 is 46.9 Å². The number of ether oxygens (including phenoxy) is 1. The van der Waals surface area contributed by atoms with Crippen LogP contribution in [0.15, 0.2) is 41.8 Å². The number of halogens is 1. The molecule has 2 aromatic rings. The van der Waals surface area contributed by atoms with Crippen LogP contribution in [0.3, 0.4) is 0 Å². The van der Waals surface area contributed by atoms with E-state index < -0.39 is 0 Å². The normalized spacial score (nSPS) is 16.6. The highest BCUT2D eigenvalue weighted by molar-refractivity contribution is 7.12. The first-order valence-corrected chi connectivity index (χ1v) is 8.64. The summed E-state index contributed by atoms with van der Waals surface area (Å²) in [5.41, 5.74) is 1.39. The minimum absolute atomic E-state index is 0. The summed E-state index contributed by atoms with van der Waals surface area (Å²) in [6.45, 7) is 2.02. The molecule has 2 heterocycles. The summed E-state index contributed by atoms with van der Waals surface area (Å²) in [5.74, 6) is -0.196. The van der Waals surface area contributed by atoms with E-state index in [-0.39, 0.29) is 30.3 Å². The Bertz CT molecular complexity index is 686. The summed E-state index contributed by atoms with van der Waals surface area (Å²) < 4.78 is 5.33. The lowest BCUT2D eigenvalue weighted by molar-refractivity contribution is -0.117. The van der Waals surface area contributed by atoms with Crippen LogP contribution >= 0.6 is 23.7 Å². The van der Waals surface area contributed by atoms with Gasteiger partial charge in [0.2, 0.25) is 5.91 Å². The molecule has 1 atom stereocenters. The van der Waals surface area contributed by atoms with Crippen molar-refractivity contribution < 1.29 is 14.3 Å². The SMILES string of the molecule is Cl.O=C(CC1COCCN1)Nc1ccc(NC(=O)c2cccs2)cc1. The Labute approximate surface area is 156 Å². The predicted molar refractivity (Wildman–Crippen MR) is 102 cm³/mol. The fourth-order valence-electron chi connectivity index (χ4n) is 2.42. The molecule has 1 aliphatic heterocycles. The van der Waals surface area contributed by atoms with Crippen LogP contribution in [-0.4, -0.2) is 37.6 Å². The van der Waals surface area contributed by atoms with Crippen LogP contribution in [0.2, 0.25) is 0 Å². The zero-order valence-electron chi connectivity index (χ0n) is 13.5. The van der Waals surface area contributed by atoms with Crippen LogP contribution in [0.25, 0.3) is 0 Å². The van der Waals surface area contributed by atoms with E-state index >= 15 is 0 Å². The minimum atomic E-state index is -0.134. The minimum Gasteiger partial charge on any atom is -0.378 e. The number of hydrogen-bond acceptors (Lipinski definition) is 5. The number of carbonyl (C=O) groups excluding carboxylic acids is 2. The van der Waals surface area contributed by atoms with Gasteiger partial charge in [0, 0.05) is 30.4 Å². The smallest absolute Gasteiger partial charge is 0.265 e. The molecule has 1 unspecified atom stereocenters. The second kappa shape index (κ2) is 9.53. The largest absolute Gasteiger partial charge is 0.378 e. The molecular weight excluding hydrogens is 362 g/mol. The molecule has 0 radical (unpaired) electrons. The van der Waals surface area contributed by atoms with Crippen molar-refractivity contribution in [3.8, 4) is 0 Å². The first-order valence-electron chi connectivity index (χ1n) is 7.76. The van der Waals surface area contributed by atoms with Crippen molar-refractivity contribution in [3.63, 3.8) is 0 Å². The van der Waals surface area contributed by atoms with E-state index in [4.69, 9.17) is 4.74 Å². The standard InChI is InChI=1S/C17H19N3O3S.ClH/c21-16(10-14-11-23-8-7-18-14)19-12-3-5-13(6-4-12)20-17(22)15-2-1-9-24-15;/h1-6,9,14,18H,7-8,10-11H2,(H,19,21)(H,20,22);1H. The highest BCUT2D eigenvalue weighted by atomic mass is 35.5. The van der Waals surface area contributed by atoms with Crippen LogP contribution in [0, 0.1) is 0 Å². The fraction of sp³-hybridized carbons (Fsp3) is 0.294. The summed E-state index contributed by atoms with van der Waals surface area (Å²) in [6, 6.07) is 10.7. The number of rotatable bonds is 5. The van der Waals surface area contributed by atoms with E-state index in [0.717, 1.165) is 6.54 Å². The number of hydrogen-bond donors (Lipinski definition) is 3. The van der Waals surface area contributed by atoms with Crippen LogP contribution < -0.4 is 16.0 Å². The van der Waals surface area contributed by atoms with Gasteiger partial charge in [-0.15, -0.1) is 23.7 Å². The van der Waals surface area contributed by atoms with E-state index in [0.29, 0.717) is 35.9 Å². The third-order valence-corrected chi connectivity index (χ3v) is 4.47. The van der Waals surface area contributed by atoms with Gasteiger partial charge in [-0.2, -0.15) is 0 Å². The van der Waals surface area contributed by atoms with Gasteiger partial charge in [-0.3, -0.25) is 9.59 Å². The molecule has 1 aromatic carbocycles. The summed E-state index contributed by atoms with van der Waals surface area (Å²) in [7, 11) is 0. The Morgan fingerprint density at radius 3 is 2.48 bits per heavy atom. The summed E-state index contributed by atoms with van der Waals surface area (Å²) in [4.78, 5) is 24.7. The lowest BCUT2D eigenvalue weighted by Gasteiger charge is -2.23. The summed E-state index contributed by atoms with van der Waals surface area (Å²) >= 11 is 1.39. The molecule has 1 aliphatic rings. The van der Waals surface area contributed by atoms with Crippen LogP contribution in [-0.2, 0) is 9.53 Å². The van der Waals surface area contributed by atoms with Gasteiger partial charge in [0.1, 0.15) is 0 Å². The molecule has 0 bridgehead atoms. The zero-order valence-corrected chi connectivity index (χ0v) is 15.1. The molecule has 3 rings (SSSR count). The number of nitrogens with one attached hydrogen (secondary N) is 3. The van der Waals surface area contributed by atoms with Crippen molar-refractivity contribution in [1.82, 2.24) is 5.32 Å². The van der Waals surface area contributed by atoms with Crippen molar-refractivity contribution in [2.75, 3.05) is 30.4 Å². The fourth-order valence-corrected chi connectivity index (χ4v) is 3.04. The van der Waals surface area contributed by atoms with Gasteiger partial charge in [-0.25, -0.2) is 0 Å². The first kappa shape index (κ1) is 19.4. The Balaban J connectivity index is 0.00000225. The van der Waals surface area contributed by atoms with Crippen molar-refractivity contribution in [2.24, 2.45) is 0 Å². The molecule has 25 heavy (non-hydrogen) atoms. The van der Waals surface area contributed by atoms with Gasteiger partial charge in [0.25, 0.3) is 5.91 Å². The maximum atomic E-state index is 12.0. The molecule has 1 aromatic heterocycles. The summed E-state index contributed by atoms with van der Waals surface area (Å²) in [6.07, 6.45) is 0.372. The van der Waals surface area contributed by atoms with Gasteiger partial charge in [0.05, 0.1) is 18.1 Å². The third kappa shape index (κ3) is 5.82. The quantitative estimate of drug-likeness (QED) is 0.744. The zero-order chi connectivity index (χ0) is 16.8. The van der Waals surface area contributed by atoms with E-state index in [2.05, 4.69) is 16.0 Å². The van der Waals surface area contributed by atoms with Gasteiger partial charge in [-0.1, -0.05) is 6.07 Å². The molecule has 0 spiro atoms. The Morgan fingerprint density at radius 2 is 1.88 bits per heavy atom. The van der Waals surface area contributed by atoms with Gasteiger partial charge >= 0.3 is 0 Å². The summed E-state index contributed by atoms with van der Waals surface area (Å²) in [5, 5.41) is 10.8. The highest BCUT2D eigenvalue weighted by Gasteiger charge is 2.16. The van der Waals surface area contributed by atoms with Gasteiger partial charge in [-0.05, 0) is 35.7 Å². The second-order valence-corrected chi connectivity index (χ2v) is 6.43. The lowest BCUT2D eigenvalue weighted by Crippen LogP contribution is -2.43. The third-order valence-electron chi connectivity index (χ3n) is 3.60. The van der Waals surface area contributed by atoms with Crippen molar-refractivity contribution in [2.45, 2.75) is 12.5 Å². The van der Waals surface area contributed by atoms with E-state index in [1.54, 1.807) is 30.3 Å². The Kier molecular flexibility index (Phi) is 7.39. The molecule has 1 saturated heterocycles. The molecule has 8 heteroatoms. The van der Waals surface area contributed by atoms with Crippen molar-refractivity contribution in [3.05, 3.63) is 46.7 Å². The number of carbonyl (C=O) groups is 2. The molecule has 3 N–H and O–H groups in total. The Morgan fingerprint density at radius 1 is 1.16 bits per heavy atom. The first-order chi connectivity index (χ1) is 11.7. The maximum absolute atomic E-state index is 12.0. The molecule has 0 aliphatic carbocycles. The van der Waals surface area contributed by atoms with Crippen molar-refractivity contribution in [1.29, 1.82) is 0 Å². The molecule has 0 saturated carbocycles. The molecule has 6 nitrogen and oxygen atoms in total. The molecule has 2 amide bonds. The second-order valence-electron chi connectivity index (χ2n) is 5.49. The molecular formula is C17H20ClN3O3S. The molecule has 1 fully saturated rings. The maximum Gasteiger partial charge on any atom is 0.265 e. The predicted octanol–water partition coefficient (Wildman–Crippen LogP) is 2.74. The highest BCUT2D eigenvalue weighted by Crippen LogP contribution is 2.16. The van der Waals surface area contributed by atoms with E-state index in [9.17, 15) is 9.59 Å². The topological polar surface area (TPSA) is 79.5 Å². The molecule has 134 valence electrons. The Hall–Kier alpha value is -1.93. The monoisotopic (exact) mass is 381 g/mol. The number of benzene rings is 1. The lowest BCUT2D eigenvalue weighted by atomic mass is 10.2. The van der Waals surface area contributed by atoms with Crippen LogP contribution in [0.5, 0.6) is 0 Å². The number of amides is 2. The van der Waals surface area contributed by atoms with E-state index in [1.165, 1.54) is 11.3 Å². The van der Waals surface area contributed by atoms with Crippen LogP contribution in [0.4, 0.5) is 11.4 Å².